The van der Waals surface area contributed by atoms with Crippen molar-refractivity contribution in [1.82, 2.24) is 9.55 Å². The molecule has 12 heteroatoms. The second-order valence-corrected chi connectivity index (χ2v) is 4.91. The van der Waals surface area contributed by atoms with E-state index in [0.29, 0.717) is 4.57 Å². The quantitative estimate of drug-likeness (QED) is 0.513. The molecule has 122 valence electrons. The van der Waals surface area contributed by atoms with Crippen LogP contribution in [0.2, 0.25) is 10.0 Å². The summed E-state index contributed by atoms with van der Waals surface area (Å²) in [6, 6.07) is 3.71. The van der Waals surface area contributed by atoms with E-state index >= 15 is 0 Å². The zero-order valence-electron chi connectivity index (χ0n) is 11.9. The van der Waals surface area contributed by atoms with E-state index in [0.717, 1.165) is 0 Å². The topological polar surface area (TPSA) is 164 Å². The van der Waals surface area contributed by atoms with Gasteiger partial charge in [-0.15, -0.1) is 0 Å². The summed E-state index contributed by atoms with van der Waals surface area (Å²) in [4.78, 5) is 47.8. The van der Waals surface area contributed by atoms with Crippen molar-refractivity contribution in [3.8, 4) is 5.69 Å². The van der Waals surface area contributed by atoms with Gasteiger partial charge >= 0.3 is 41.2 Å². The molecule has 0 aliphatic carbocycles. The molecule has 24 heavy (non-hydrogen) atoms. The zero-order chi connectivity index (χ0) is 16.6. The predicted molar refractivity (Wildman–Crippen MR) is 77.6 cm³/mol. The first-order valence-corrected chi connectivity index (χ1v) is 6.28. The predicted octanol–water partition coefficient (Wildman–Crippen LogP) is -3.93. The molecule has 0 bridgehead atoms. The average molecular weight is 385 g/mol. The van der Waals surface area contributed by atoms with E-state index in [2.05, 4.69) is 0 Å². The van der Waals surface area contributed by atoms with Crippen molar-refractivity contribution in [3.63, 3.8) is 0 Å². The maximum Gasteiger partial charge on any atom is 1.00 e. The zero-order valence-corrected chi connectivity index (χ0v) is 15.4. The fraction of sp³-hybridized carbons (Fsp3) is 0. The minimum atomic E-state index is -2.00. The van der Waals surface area contributed by atoms with E-state index in [1.165, 1.54) is 18.2 Å². The number of aromatic nitrogens is 2. The van der Waals surface area contributed by atoms with Gasteiger partial charge in [-0.2, -0.15) is 0 Å². The van der Waals surface area contributed by atoms with Gasteiger partial charge in [-0.3, -0.25) is 4.79 Å². The van der Waals surface area contributed by atoms with E-state index in [-0.39, 0.29) is 50.8 Å². The number of hydrogen-bond donors (Lipinski definition) is 2. The van der Waals surface area contributed by atoms with Crippen molar-refractivity contribution in [2.24, 2.45) is 0 Å². The summed E-state index contributed by atoms with van der Waals surface area (Å²) in [5.41, 5.74) is -4.90. The Labute approximate surface area is 165 Å². The monoisotopic (exact) mass is 384 g/mol. The van der Waals surface area contributed by atoms with Gasteiger partial charge in [-0.1, -0.05) is 23.2 Å². The second kappa shape index (κ2) is 8.47. The first-order valence-electron chi connectivity index (χ1n) is 5.53. The molecule has 0 unspecified atom stereocenters. The Morgan fingerprint density at radius 2 is 1.62 bits per heavy atom. The number of aromatic amines is 1. The van der Waals surface area contributed by atoms with Crippen LogP contribution in [0.3, 0.4) is 0 Å². The number of hydrogen-bond acceptors (Lipinski definition) is 5. The summed E-state index contributed by atoms with van der Waals surface area (Å²) in [6.45, 7) is 0. The third kappa shape index (κ3) is 4.26. The third-order valence-corrected chi connectivity index (χ3v) is 3.06. The fourth-order valence-electron chi connectivity index (χ4n) is 1.79. The number of benzene rings is 1. The molecular weight excluding hydrogens is 378 g/mol. The Morgan fingerprint density at radius 1 is 1.12 bits per heavy atom. The van der Waals surface area contributed by atoms with Crippen LogP contribution in [0, 0.1) is 0 Å². The number of halogens is 2. The van der Waals surface area contributed by atoms with Gasteiger partial charge in [0, 0.05) is 10.0 Å². The van der Waals surface area contributed by atoms with Crippen molar-refractivity contribution in [1.29, 1.82) is 0 Å². The molecule has 2 aromatic rings. The van der Waals surface area contributed by atoms with Crippen LogP contribution in [0.15, 0.2) is 27.8 Å². The van der Waals surface area contributed by atoms with Crippen molar-refractivity contribution in [3.05, 3.63) is 60.3 Å². The molecule has 0 amide bonds. The van der Waals surface area contributed by atoms with E-state index in [4.69, 9.17) is 28.3 Å². The van der Waals surface area contributed by atoms with Crippen LogP contribution in [-0.4, -0.2) is 32.1 Å². The molecule has 2 rings (SSSR count). The molecule has 0 aliphatic heterocycles. The number of rotatable bonds is 3. The number of nitrogens with one attached hydrogen (secondary N) is 1. The van der Waals surface area contributed by atoms with Crippen LogP contribution >= 0.6 is 23.2 Å². The Balaban J connectivity index is 0.00000264. The summed E-state index contributed by atoms with van der Waals surface area (Å²) in [5.74, 6) is -3.83. The van der Waals surface area contributed by atoms with Crippen molar-refractivity contribution in [2.75, 3.05) is 0 Å². The molecule has 9 nitrogen and oxygen atoms in total. The van der Waals surface area contributed by atoms with Crippen LogP contribution in [-0.2, 0) is 0 Å². The Kier molecular flexibility index (Phi) is 7.90. The molecule has 0 saturated carbocycles. The van der Waals surface area contributed by atoms with Gasteiger partial charge in [0.2, 0.25) is 0 Å². The maximum atomic E-state index is 12.2. The number of carbonyl (C=O) groups excluding carboxylic acids is 1. The molecule has 0 fully saturated rings. The molecule has 0 spiro atoms. The summed E-state index contributed by atoms with van der Waals surface area (Å²) in [5, 5.41) is 20.0. The van der Waals surface area contributed by atoms with Gasteiger partial charge < -0.3 is 25.5 Å². The molecule has 0 atom stereocenters. The van der Waals surface area contributed by atoms with Crippen molar-refractivity contribution in [2.45, 2.75) is 0 Å². The van der Waals surface area contributed by atoms with E-state index < -0.39 is 34.4 Å². The second-order valence-electron chi connectivity index (χ2n) is 4.04. The average Bonchev–Trinajstić information content (AvgIpc) is 2.35. The van der Waals surface area contributed by atoms with Crippen LogP contribution in [0.4, 0.5) is 0 Å². The number of carboxylic acid groups (broad SMARTS) is 2. The number of carboxylic acids is 2. The molecule has 1 aromatic carbocycles. The van der Waals surface area contributed by atoms with Crippen molar-refractivity contribution < 1.29 is 54.8 Å². The minimum absolute atomic E-state index is 0. The Morgan fingerprint density at radius 3 is 2.04 bits per heavy atom. The molecular formula is C12H7Cl2N2NaO7. The smallest absolute Gasteiger partial charge is 0.543 e. The molecule has 4 N–H and O–H groups in total. The summed E-state index contributed by atoms with van der Waals surface area (Å²) < 4.78 is 0.410. The molecule has 0 saturated heterocycles. The van der Waals surface area contributed by atoms with Crippen LogP contribution in [0.5, 0.6) is 0 Å². The normalized spacial score (nSPS) is 9.58. The van der Waals surface area contributed by atoms with Gasteiger partial charge in [0.25, 0.3) is 5.56 Å². The van der Waals surface area contributed by atoms with Gasteiger partial charge in [0.15, 0.2) is 5.56 Å². The Bertz CT molecular complexity index is 902. The number of carbonyl (C=O) groups is 2. The van der Waals surface area contributed by atoms with Gasteiger partial charge in [-0.25, -0.2) is 14.2 Å². The summed E-state index contributed by atoms with van der Waals surface area (Å²) in [6.07, 6.45) is 0. The Hall–Kier alpha value is -1.62. The van der Waals surface area contributed by atoms with E-state index in [1.54, 1.807) is 4.98 Å². The summed E-state index contributed by atoms with van der Waals surface area (Å²) in [7, 11) is 0. The minimum Gasteiger partial charge on any atom is -0.543 e. The fourth-order valence-corrected chi connectivity index (χ4v) is 2.31. The largest absolute Gasteiger partial charge is 1.00 e. The first kappa shape index (κ1) is 22.4. The molecule has 1 heterocycles. The molecule has 0 radical (unpaired) electrons. The van der Waals surface area contributed by atoms with Crippen molar-refractivity contribution >= 4 is 35.1 Å². The van der Waals surface area contributed by atoms with Gasteiger partial charge in [0.05, 0.1) is 17.4 Å². The van der Waals surface area contributed by atoms with Gasteiger partial charge in [0.1, 0.15) is 0 Å². The SMILES string of the molecule is O.O=C([O-])c1[nH]c(=O)n(-c2cc(Cl)cc(Cl)c2)c(=O)c1C(=O)O.[Na+]. The third-order valence-electron chi connectivity index (χ3n) is 2.63. The number of H-pyrrole nitrogens is 1. The van der Waals surface area contributed by atoms with E-state index in [9.17, 15) is 24.3 Å². The van der Waals surface area contributed by atoms with Crippen LogP contribution in [0.1, 0.15) is 20.8 Å². The van der Waals surface area contributed by atoms with Crippen LogP contribution in [0.25, 0.3) is 5.69 Å². The number of nitrogens with zero attached hydrogens (tertiary/aromatic N) is 1. The van der Waals surface area contributed by atoms with Gasteiger partial charge in [-0.05, 0) is 18.2 Å². The summed E-state index contributed by atoms with van der Waals surface area (Å²) >= 11 is 11.5. The maximum absolute atomic E-state index is 12.2. The first-order chi connectivity index (χ1) is 10.2. The standard InChI is InChI=1S/C12H6Cl2N2O6.Na.H2O/c13-4-1-5(14)3-6(2-4)16-9(17)7(10(18)19)8(11(20)21)15-12(16)22;;/h1-3H,(H,15,22)(H,18,19)(H,20,21);;1H2/q;+1;/p-1. The number of aromatic carboxylic acids is 2. The molecule has 1 aromatic heterocycles. The molecule has 0 aliphatic rings. The van der Waals surface area contributed by atoms with Crippen LogP contribution < -0.4 is 45.9 Å². The van der Waals surface area contributed by atoms with E-state index in [1.807, 2.05) is 0 Å².